The van der Waals surface area contributed by atoms with Crippen LogP contribution in [0, 0.1) is 0 Å². The lowest BCUT2D eigenvalue weighted by Crippen LogP contribution is -2.30. The minimum atomic E-state index is -0.0792. The van der Waals surface area contributed by atoms with Gasteiger partial charge in [0.05, 0.1) is 12.2 Å². The second kappa shape index (κ2) is 6.48. The lowest BCUT2D eigenvalue weighted by atomic mass is 10.3. The summed E-state index contributed by atoms with van der Waals surface area (Å²) >= 11 is 0. The van der Waals surface area contributed by atoms with Crippen molar-refractivity contribution in [2.24, 2.45) is 0 Å². The summed E-state index contributed by atoms with van der Waals surface area (Å²) in [6.45, 7) is 2.82. The van der Waals surface area contributed by atoms with Crippen LogP contribution in [-0.4, -0.2) is 39.2 Å². The third-order valence-electron chi connectivity index (χ3n) is 2.45. The fourth-order valence-corrected chi connectivity index (χ4v) is 1.53. The number of hydrogen-bond acceptors (Lipinski definition) is 5. The van der Waals surface area contributed by atoms with E-state index >= 15 is 0 Å². The zero-order chi connectivity index (χ0) is 13.5. The van der Waals surface area contributed by atoms with E-state index in [0.717, 1.165) is 12.1 Å². The zero-order valence-corrected chi connectivity index (χ0v) is 10.7. The predicted molar refractivity (Wildman–Crippen MR) is 70.9 cm³/mol. The maximum absolute atomic E-state index is 11.5. The van der Waals surface area contributed by atoms with Crippen LogP contribution in [0.4, 0.5) is 5.95 Å². The van der Waals surface area contributed by atoms with Gasteiger partial charge in [-0.3, -0.25) is 4.79 Å². The Kier molecular flexibility index (Phi) is 4.44. The largest absolute Gasteiger partial charge is 0.355 e. The molecule has 0 unspecified atom stereocenters. The van der Waals surface area contributed by atoms with Gasteiger partial charge in [-0.25, -0.2) is 0 Å². The number of tetrazole rings is 1. The molecule has 0 saturated heterocycles. The third kappa shape index (κ3) is 3.51. The normalized spacial score (nSPS) is 10.2. The number of rotatable bonds is 6. The number of carbonyl (C=O) groups is 1. The lowest BCUT2D eigenvalue weighted by Gasteiger charge is -2.07. The third-order valence-corrected chi connectivity index (χ3v) is 2.45. The Hall–Kier alpha value is -2.44. The van der Waals surface area contributed by atoms with Crippen LogP contribution < -0.4 is 10.6 Å². The molecular weight excluding hydrogens is 244 g/mol. The Morgan fingerprint density at radius 2 is 2.11 bits per heavy atom. The van der Waals surface area contributed by atoms with Gasteiger partial charge in [0.1, 0.15) is 0 Å². The fraction of sp³-hybridized carbons (Fsp3) is 0.333. The summed E-state index contributed by atoms with van der Waals surface area (Å²) in [6.07, 6.45) is 0.910. The van der Waals surface area contributed by atoms with Crippen LogP contribution in [0.15, 0.2) is 30.3 Å². The lowest BCUT2D eigenvalue weighted by molar-refractivity contribution is -0.119. The zero-order valence-electron chi connectivity index (χ0n) is 10.7. The highest BCUT2D eigenvalue weighted by atomic mass is 16.1. The summed E-state index contributed by atoms with van der Waals surface area (Å²) in [7, 11) is 0. The van der Waals surface area contributed by atoms with Crippen molar-refractivity contribution >= 4 is 11.9 Å². The highest BCUT2D eigenvalue weighted by Crippen LogP contribution is 2.09. The highest BCUT2D eigenvalue weighted by molar-refractivity contribution is 5.80. The fourth-order valence-electron chi connectivity index (χ4n) is 1.53. The molecule has 0 fully saturated rings. The monoisotopic (exact) mass is 260 g/mol. The van der Waals surface area contributed by atoms with Crippen molar-refractivity contribution in [3.63, 3.8) is 0 Å². The first kappa shape index (κ1) is 13.0. The number of nitrogens with one attached hydrogen (secondary N) is 2. The molecule has 7 heteroatoms. The topological polar surface area (TPSA) is 84.7 Å². The van der Waals surface area contributed by atoms with Gasteiger partial charge < -0.3 is 10.6 Å². The molecule has 1 amide bonds. The SMILES string of the molecule is CCCNC(=O)CNc1nnnn1-c1ccccc1. The number of hydrogen-bond donors (Lipinski definition) is 2. The molecule has 2 aromatic rings. The molecule has 1 aromatic heterocycles. The molecule has 0 aliphatic rings. The number of amides is 1. The van der Waals surface area contributed by atoms with Crippen LogP contribution in [0.5, 0.6) is 0 Å². The number of carbonyl (C=O) groups excluding carboxylic acids is 1. The number of benzene rings is 1. The van der Waals surface area contributed by atoms with Gasteiger partial charge in [0.15, 0.2) is 0 Å². The summed E-state index contributed by atoms with van der Waals surface area (Å²) in [5, 5.41) is 17.0. The van der Waals surface area contributed by atoms with Crippen molar-refractivity contribution in [2.75, 3.05) is 18.4 Å². The second-order valence-corrected chi connectivity index (χ2v) is 3.95. The maximum Gasteiger partial charge on any atom is 0.248 e. The molecule has 1 heterocycles. The summed E-state index contributed by atoms with van der Waals surface area (Å²) in [5.41, 5.74) is 0.837. The standard InChI is InChI=1S/C12H16N6O/c1-2-8-13-11(19)9-14-12-15-16-17-18(12)10-6-4-3-5-7-10/h3-7H,2,8-9H2,1H3,(H,13,19)(H,14,15,17). The van der Waals surface area contributed by atoms with Gasteiger partial charge in [0.25, 0.3) is 0 Å². The van der Waals surface area contributed by atoms with Crippen molar-refractivity contribution < 1.29 is 4.79 Å². The van der Waals surface area contributed by atoms with Crippen molar-refractivity contribution in [3.8, 4) is 5.69 Å². The maximum atomic E-state index is 11.5. The van der Waals surface area contributed by atoms with Gasteiger partial charge >= 0.3 is 0 Å². The van der Waals surface area contributed by atoms with Gasteiger partial charge in [-0.1, -0.05) is 30.2 Å². The molecule has 0 atom stereocenters. The summed E-state index contributed by atoms with van der Waals surface area (Å²) in [5.74, 6) is 0.363. The molecule has 0 aliphatic heterocycles. The molecule has 0 radical (unpaired) electrons. The number of para-hydroxylation sites is 1. The van der Waals surface area contributed by atoms with Crippen LogP contribution >= 0.6 is 0 Å². The molecule has 1 aromatic carbocycles. The van der Waals surface area contributed by atoms with E-state index in [1.165, 1.54) is 0 Å². The smallest absolute Gasteiger partial charge is 0.248 e. The minimum Gasteiger partial charge on any atom is -0.355 e. The van der Waals surface area contributed by atoms with Crippen LogP contribution in [0.1, 0.15) is 13.3 Å². The first-order chi connectivity index (χ1) is 9.31. The first-order valence-corrected chi connectivity index (χ1v) is 6.15. The average molecular weight is 260 g/mol. The van der Waals surface area contributed by atoms with E-state index < -0.39 is 0 Å². The summed E-state index contributed by atoms with van der Waals surface area (Å²) < 4.78 is 1.55. The average Bonchev–Trinajstić information content (AvgIpc) is 2.92. The van der Waals surface area contributed by atoms with E-state index in [1.54, 1.807) is 4.68 Å². The number of anilines is 1. The first-order valence-electron chi connectivity index (χ1n) is 6.15. The summed E-state index contributed by atoms with van der Waals surface area (Å²) in [6, 6.07) is 9.49. The van der Waals surface area contributed by atoms with E-state index in [4.69, 9.17) is 0 Å². The Bertz CT molecular complexity index is 524. The Morgan fingerprint density at radius 1 is 1.32 bits per heavy atom. The van der Waals surface area contributed by atoms with E-state index in [-0.39, 0.29) is 12.5 Å². The van der Waals surface area contributed by atoms with Gasteiger partial charge in [-0.2, -0.15) is 4.68 Å². The quantitative estimate of drug-likeness (QED) is 0.794. The van der Waals surface area contributed by atoms with Crippen molar-refractivity contribution in [2.45, 2.75) is 13.3 Å². The Morgan fingerprint density at radius 3 is 2.84 bits per heavy atom. The van der Waals surface area contributed by atoms with Crippen LogP contribution in [0.2, 0.25) is 0 Å². The van der Waals surface area contributed by atoms with Gasteiger partial charge in [0, 0.05) is 6.54 Å². The highest BCUT2D eigenvalue weighted by Gasteiger charge is 2.08. The molecule has 19 heavy (non-hydrogen) atoms. The van der Waals surface area contributed by atoms with Crippen molar-refractivity contribution in [3.05, 3.63) is 30.3 Å². The molecule has 2 rings (SSSR count). The van der Waals surface area contributed by atoms with Gasteiger partial charge in [0.2, 0.25) is 11.9 Å². The van der Waals surface area contributed by atoms with Crippen molar-refractivity contribution in [1.29, 1.82) is 0 Å². The van der Waals surface area contributed by atoms with E-state index in [0.29, 0.717) is 12.5 Å². The van der Waals surface area contributed by atoms with Crippen LogP contribution in [-0.2, 0) is 4.79 Å². The predicted octanol–water partition coefficient (Wildman–Crippen LogP) is 0.600. The van der Waals surface area contributed by atoms with E-state index in [9.17, 15) is 4.79 Å². The molecule has 0 spiro atoms. The number of aromatic nitrogens is 4. The Labute approximate surface area is 111 Å². The van der Waals surface area contributed by atoms with Gasteiger partial charge in [-0.05, 0) is 29.0 Å². The Balaban J connectivity index is 1.99. The molecule has 7 nitrogen and oxygen atoms in total. The van der Waals surface area contributed by atoms with E-state index in [1.807, 2.05) is 37.3 Å². The molecule has 0 aliphatic carbocycles. The van der Waals surface area contributed by atoms with Crippen LogP contribution in [0.3, 0.4) is 0 Å². The van der Waals surface area contributed by atoms with Gasteiger partial charge in [-0.15, -0.1) is 0 Å². The molecule has 0 saturated carbocycles. The summed E-state index contributed by atoms with van der Waals surface area (Å²) in [4.78, 5) is 11.5. The van der Waals surface area contributed by atoms with Crippen LogP contribution in [0.25, 0.3) is 5.69 Å². The molecule has 100 valence electrons. The molecule has 0 bridgehead atoms. The minimum absolute atomic E-state index is 0.0792. The second-order valence-electron chi connectivity index (χ2n) is 3.95. The van der Waals surface area contributed by atoms with E-state index in [2.05, 4.69) is 26.2 Å². The number of nitrogens with zero attached hydrogens (tertiary/aromatic N) is 4. The van der Waals surface area contributed by atoms with Crippen molar-refractivity contribution in [1.82, 2.24) is 25.5 Å². The molecule has 2 N–H and O–H groups in total. The molecular formula is C12H16N6O.